The Kier molecular flexibility index (Phi) is 4.05. The quantitative estimate of drug-likeness (QED) is 0.727. The first-order chi connectivity index (χ1) is 12.7. The first-order valence-electron chi connectivity index (χ1n) is 8.49. The number of hydrogen-bond acceptors (Lipinski definition) is 3. The van der Waals surface area contributed by atoms with Gasteiger partial charge >= 0.3 is 0 Å². The van der Waals surface area contributed by atoms with Gasteiger partial charge < -0.3 is 15.1 Å². The molecule has 130 valence electrons. The smallest absolute Gasteiger partial charge is 0.291 e. The zero-order valence-electron chi connectivity index (χ0n) is 14.1. The van der Waals surface area contributed by atoms with Crippen molar-refractivity contribution < 1.29 is 14.0 Å². The van der Waals surface area contributed by atoms with Gasteiger partial charge in [0.25, 0.3) is 5.91 Å². The maximum absolute atomic E-state index is 12.7. The number of furan rings is 1. The molecule has 4 rings (SSSR count). The Labute approximate surface area is 151 Å². The third kappa shape index (κ3) is 3.11. The van der Waals surface area contributed by atoms with Crippen molar-refractivity contribution in [3.8, 4) is 0 Å². The number of rotatable bonds is 5. The lowest BCUT2D eigenvalue weighted by atomic mass is 9.95. The summed E-state index contributed by atoms with van der Waals surface area (Å²) in [5.74, 6) is -0.0511. The van der Waals surface area contributed by atoms with E-state index in [4.69, 9.17) is 4.42 Å². The highest BCUT2D eigenvalue weighted by molar-refractivity contribution is 6.03. The Morgan fingerprint density at radius 1 is 0.808 bits per heavy atom. The number of carbonyl (C=O) groups excluding carboxylic acids is 2. The fourth-order valence-corrected chi connectivity index (χ4v) is 3.02. The molecule has 2 aromatic carbocycles. The molecule has 1 heterocycles. The summed E-state index contributed by atoms with van der Waals surface area (Å²) in [7, 11) is 0. The minimum Gasteiger partial charge on any atom is -0.459 e. The van der Waals surface area contributed by atoms with E-state index < -0.39 is 5.41 Å². The molecule has 1 aliphatic carbocycles. The molecule has 1 aliphatic rings. The molecule has 0 aliphatic heterocycles. The maximum atomic E-state index is 12.7. The van der Waals surface area contributed by atoms with Crippen LogP contribution in [0.3, 0.4) is 0 Å². The molecule has 0 unspecified atom stereocenters. The first kappa shape index (κ1) is 16.1. The summed E-state index contributed by atoms with van der Waals surface area (Å²) in [4.78, 5) is 24.7. The summed E-state index contributed by atoms with van der Waals surface area (Å²) in [6.07, 6.45) is 3.17. The van der Waals surface area contributed by atoms with Crippen LogP contribution >= 0.6 is 0 Å². The molecule has 0 spiro atoms. The second-order valence-corrected chi connectivity index (χ2v) is 6.41. The number of benzene rings is 2. The summed E-state index contributed by atoms with van der Waals surface area (Å²) in [6, 6.07) is 20.2. The molecule has 1 fully saturated rings. The van der Waals surface area contributed by atoms with E-state index in [0.29, 0.717) is 11.4 Å². The largest absolute Gasteiger partial charge is 0.459 e. The van der Waals surface area contributed by atoms with E-state index in [2.05, 4.69) is 10.6 Å². The fourth-order valence-electron chi connectivity index (χ4n) is 3.02. The monoisotopic (exact) mass is 346 g/mol. The van der Waals surface area contributed by atoms with Gasteiger partial charge in [-0.1, -0.05) is 30.3 Å². The second-order valence-electron chi connectivity index (χ2n) is 6.41. The summed E-state index contributed by atoms with van der Waals surface area (Å²) < 4.78 is 5.06. The van der Waals surface area contributed by atoms with Gasteiger partial charge in [-0.15, -0.1) is 0 Å². The van der Waals surface area contributed by atoms with Crippen molar-refractivity contribution in [1.82, 2.24) is 0 Å². The Hall–Kier alpha value is -3.34. The van der Waals surface area contributed by atoms with E-state index in [9.17, 15) is 9.59 Å². The topological polar surface area (TPSA) is 71.3 Å². The van der Waals surface area contributed by atoms with Crippen LogP contribution in [0.4, 0.5) is 11.4 Å². The molecule has 0 saturated heterocycles. The average Bonchev–Trinajstić information content (AvgIpc) is 3.30. The van der Waals surface area contributed by atoms with Gasteiger partial charge in [0.15, 0.2) is 5.76 Å². The van der Waals surface area contributed by atoms with Gasteiger partial charge in [-0.2, -0.15) is 0 Å². The van der Waals surface area contributed by atoms with Gasteiger partial charge in [0.2, 0.25) is 5.91 Å². The SMILES string of the molecule is O=C(Nc1ccc(NC(=O)C2(c3ccccc3)CC2)cc1)c1ccco1. The van der Waals surface area contributed by atoms with Crippen LogP contribution in [-0.2, 0) is 10.2 Å². The van der Waals surface area contributed by atoms with Crippen molar-refractivity contribution in [2.75, 3.05) is 10.6 Å². The highest BCUT2D eigenvalue weighted by Crippen LogP contribution is 2.48. The number of nitrogens with one attached hydrogen (secondary N) is 2. The highest BCUT2D eigenvalue weighted by atomic mass is 16.3. The number of carbonyl (C=O) groups is 2. The number of anilines is 2. The van der Waals surface area contributed by atoms with E-state index in [1.165, 1.54) is 6.26 Å². The molecular weight excluding hydrogens is 328 g/mol. The van der Waals surface area contributed by atoms with Crippen LogP contribution in [0.5, 0.6) is 0 Å². The summed E-state index contributed by atoms with van der Waals surface area (Å²) >= 11 is 0. The second kappa shape index (κ2) is 6.52. The van der Waals surface area contributed by atoms with Crippen LogP contribution in [0.2, 0.25) is 0 Å². The lowest BCUT2D eigenvalue weighted by molar-refractivity contribution is -0.118. The molecule has 0 atom stereocenters. The van der Waals surface area contributed by atoms with Crippen LogP contribution in [0.25, 0.3) is 0 Å². The standard InChI is InChI=1S/C21H18N2O3/c24-19(18-7-4-14-26-18)22-16-8-10-17(11-9-16)23-20(25)21(12-13-21)15-5-2-1-3-6-15/h1-11,14H,12-13H2,(H,22,24)(H,23,25). The fraction of sp³-hybridized carbons (Fsp3) is 0.143. The molecule has 2 N–H and O–H groups in total. The Morgan fingerprint density at radius 3 is 2.04 bits per heavy atom. The van der Waals surface area contributed by atoms with Crippen LogP contribution in [0.15, 0.2) is 77.4 Å². The zero-order chi connectivity index (χ0) is 18.0. The minimum atomic E-state index is -0.409. The van der Waals surface area contributed by atoms with Gasteiger partial charge in [0.05, 0.1) is 11.7 Å². The van der Waals surface area contributed by atoms with E-state index in [1.807, 2.05) is 30.3 Å². The van der Waals surface area contributed by atoms with Crippen LogP contribution in [-0.4, -0.2) is 11.8 Å². The summed E-state index contributed by atoms with van der Waals surface area (Å²) in [6.45, 7) is 0. The minimum absolute atomic E-state index is 0.0103. The lowest BCUT2D eigenvalue weighted by Gasteiger charge is -2.16. The molecule has 1 saturated carbocycles. The Morgan fingerprint density at radius 2 is 1.46 bits per heavy atom. The van der Waals surface area contributed by atoms with Crippen molar-refractivity contribution >= 4 is 23.2 Å². The van der Waals surface area contributed by atoms with Gasteiger partial charge in [-0.3, -0.25) is 9.59 Å². The number of hydrogen-bond donors (Lipinski definition) is 2. The zero-order valence-corrected chi connectivity index (χ0v) is 14.1. The van der Waals surface area contributed by atoms with Crippen molar-refractivity contribution in [1.29, 1.82) is 0 Å². The van der Waals surface area contributed by atoms with Crippen LogP contribution in [0, 0.1) is 0 Å². The molecule has 0 radical (unpaired) electrons. The molecule has 5 nitrogen and oxygen atoms in total. The molecule has 5 heteroatoms. The third-order valence-corrected chi connectivity index (χ3v) is 4.66. The average molecular weight is 346 g/mol. The summed E-state index contributed by atoms with van der Waals surface area (Å²) in [5.41, 5.74) is 1.98. The normalized spacial score (nSPS) is 14.5. The molecule has 0 bridgehead atoms. The van der Waals surface area contributed by atoms with Crippen LogP contribution in [0.1, 0.15) is 29.0 Å². The summed E-state index contributed by atoms with van der Waals surface area (Å²) in [5, 5.41) is 5.73. The van der Waals surface area contributed by atoms with Crippen molar-refractivity contribution in [3.63, 3.8) is 0 Å². The molecule has 1 aromatic heterocycles. The highest BCUT2D eigenvalue weighted by Gasteiger charge is 2.51. The first-order valence-corrected chi connectivity index (χ1v) is 8.49. The Bertz CT molecular complexity index is 912. The van der Waals surface area contributed by atoms with Gasteiger partial charge in [0, 0.05) is 11.4 Å². The predicted molar refractivity (Wildman–Crippen MR) is 99.1 cm³/mol. The maximum Gasteiger partial charge on any atom is 0.291 e. The number of amides is 2. The van der Waals surface area contributed by atoms with E-state index in [-0.39, 0.29) is 17.6 Å². The van der Waals surface area contributed by atoms with Crippen molar-refractivity contribution in [2.45, 2.75) is 18.3 Å². The third-order valence-electron chi connectivity index (χ3n) is 4.66. The van der Waals surface area contributed by atoms with E-state index in [0.717, 1.165) is 18.4 Å². The Balaban J connectivity index is 1.42. The molecular formula is C21H18N2O3. The van der Waals surface area contributed by atoms with Gasteiger partial charge in [-0.05, 0) is 54.8 Å². The predicted octanol–water partition coefficient (Wildman–Crippen LogP) is 4.20. The lowest BCUT2D eigenvalue weighted by Crippen LogP contribution is -2.27. The van der Waals surface area contributed by atoms with Gasteiger partial charge in [-0.25, -0.2) is 0 Å². The molecule has 2 amide bonds. The molecule has 26 heavy (non-hydrogen) atoms. The van der Waals surface area contributed by atoms with Gasteiger partial charge in [0.1, 0.15) is 0 Å². The van der Waals surface area contributed by atoms with E-state index >= 15 is 0 Å². The van der Waals surface area contributed by atoms with Crippen molar-refractivity contribution in [3.05, 3.63) is 84.3 Å². The van der Waals surface area contributed by atoms with Crippen molar-refractivity contribution in [2.24, 2.45) is 0 Å². The van der Waals surface area contributed by atoms with Crippen LogP contribution < -0.4 is 10.6 Å². The van der Waals surface area contributed by atoms with E-state index in [1.54, 1.807) is 36.4 Å². The molecule has 3 aromatic rings.